The third-order valence-corrected chi connectivity index (χ3v) is 4.50. The number of aryl methyl sites for hydroxylation is 1. The molecule has 1 saturated carbocycles. The Hall–Kier alpha value is -1.07. The number of halogens is 1. The molecule has 19 heavy (non-hydrogen) atoms. The second-order valence-electron chi connectivity index (χ2n) is 5.64. The molecule has 1 aromatic rings. The summed E-state index contributed by atoms with van der Waals surface area (Å²) >= 11 is 0. The Morgan fingerprint density at radius 1 is 1.47 bits per heavy atom. The molecule has 0 bridgehead atoms. The van der Waals surface area contributed by atoms with Crippen LogP contribution in [0.3, 0.4) is 0 Å². The van der Waals surface area contributed by atoms with Crippen LogP contribution in [0.4, 0.5) is 0 Å². The van der Waals surface area contributed by atoms with Gasteiger partial charge in [0, 0.05) is 24.8 Å². The topological polar surface area (TPSA) is 75.0 Å². The van der Waals surface area contributed by atoms with Gasteiger partial charge in [-0.25, -0.2) is 0 Å². The normalized spacial score (nSPS) is 29.8. The molecule has 1 aliphatic carbocycles. The highest BCUT2D eigenvalue weighted by Gasteiger charge is 2.40. The lowest BCUT2D eigenvalue weighted by molar-refractivity contribution is 0.0783. The highest BCUT2D eigenvalue weighted by Crippen LogP contribution is 2.36. The van der Waals surface area contributed by atoms with Gasteiger partial charge in [-0.2, -0.15) is 5.10 Å². The van der Waals surface area contributed by atoms with Crippen molar-refractivity contribution in [1.82, 2.24) is 15.1 Å². The molecule has 1 aromatic heterocycles. The van der Waals surface area contributed by atoms with E-state index in [4.69, 9.17) is 5.73 Å². The van der Waals surface area contributed by atoms with Gasteiger partial charge in [-0.3, -0.25) is 9.89 Å². The van der Waals surface area contributed by atoms with E-state index in [1.165, 1.54) is 12.8 Å². The Morgan fingerprint density at radius 3 is 2.89 bits per heavy atom. The number of likely N-dealkylation sites (tertiary alicyclic amines) is 1. The molecule has 3 N–H and O–H groups in total. The maximum Gasteiger partial charge on any atom is 0.257 e. The zero-order valence-electron chi connectivity index (χ0n) is 11.1. The van der Waals surface area contributed by atoms with Gasteiger partial charge in [-0.05, 0) is 31.6 Å². The first kappa shape index (κ1) is 14.3. The van der Waals surface area contributed by atoms with E-state index < -0.39 is 0 Å². The van der Waals surface area contributed by atoms with Gasteiger partial charge in [-0.1, -0.05) is 6.42 Å². The fourth-order valence-electron chi connectivity index (χ4n) is 3.42. The van der Waals surface area contributed by atoms with Crippen LogP contribution in [-0.4, -0.2) is 40.1 Å². The predicted molar refractivity (Wildman–Crippen MR) is 75.3 cm³/mol. The molecule has 3 rings (SSSR count). The summed E-state index contributed by atoms with van der Waals surface area (Å²) in [5, 5.41) is 6.74. The van der Waals surface area contributed by atoms with Crippen LogP contribution in [0.15, 0.2) is 6.20 Å². The molecule has 5 nitrogen and oxygen atoms in total. The van der Waals surface area contributed by atoms with Gasteiger partial charge in [0.05, 0.1) is 11.8 Å². The monoisotopic (exact) mass is 284 g/mol. The quantitative estimate of drug-likeness (QED) is 0.817. The number of nitrogens with one attached hydrogen (secondary N) is 1. The molecule has 3 unspecified atom stereocenters. The highest BCUT2D eigenvalue weighted by molar-refractivity contribution is 5.95. The number of rotatable bonds is 1. The molecule has 0 spiro atoms. The lowest BCUT2D eigenvalue weighted by Crippen LogP contribution is -2.38. The Labute approximate surface area is 119 Å². The first-order chi connectivity index (χ1) is 8.66. The fraction of sp³-hybridized carbons (Fsp3) is 0.692. The Bertz CT molecular complexity index is 461. The standard InChI is InChI=1S/C13H20N4O.ClH/c1-8-10(5-15-16-8)13(18)17-6-9-3-2-4-12(14)11(9)7-17;/h5,9,11-12H,2-4,6-7,14H2,1H3,(H,15,16);1H. The zero-order chi connectivity index (χ0) is 12.7. The summed E-state index contributed by atoms with van der Waals surface area (Å²) in [7, 11) is 0. The van der Waals surface area contributed by atoms with Gasteiger partial charge in [0.1, 0.15) is 0 Å². The number of hydrogen-bond acceptors (Lipinski definition) is 3. The number of aromatic amines is 1. The van der Waals surface area contributed by atoms with E-state index in [1.807, 2.05) is 11.8 Å². The lowest BCUT2D eigenvalue weighted by Gasteiger charge is -2.29. The third kappa shape index (κ3) is 2.49. The second-order valence-corrected chi connectivity index (χ2v) is 5.64. The van der Waals surface area contributed by atoms with Gasteiger partial charge < -0.3 is 10.6 Å². The van der Waals surface area contributed by atoms with Crippen molar-refractivity contribution in [2.75, 3.05) is 13.1 Å². The van der Waals surface area contributed by atoms with Crippen molar-refractivity contribution in [3.8, 4) is 0 Å². The summed E-state index contributed by atoms with van der Waals surface area (Å²) in [6.45, 7) is 3.56. The summed E-state index contributed by atoms with van der Waals surface area (Å²) in [6.07, 6.45) is 5.15. The molecule has 1 saturated heterocycles. The first-order valence-corrected chi connectivity index (χ1v) is 6.71. The third-order valence-electron chi connectivity index (χ3n) is 4.50. The van der Waals surface area contributed by atoms with Crippen LogP contribution in [0.1, 0.15) is 35.3 Å². The van der Waals surface area contributed by atoms with Crippen LogP contribution in [-0.2, 0) is 0 Å². The number of amides is 1. The second kappa shape index (κ2) is 5.51. The zero-order valence-corrected chi connectivity index (χ0v) is 11.9. The Kier molecular flexibility index (Phi) is 4.16. The molecule has 6 heteroatoms. The van der Waals surface area contributed by atoms with E-state index >= 15 is 0 Å². The number of nitrogens with two attached hydrogens (primary N) is 1. The van der Waals surface area contributed by atoms with E-state index in [9.17, 15) is 4.79 Å². The van der Waals surface area contributed by atoms with Crippen molar-refractivity contribution in [1.29, 1.82) is 0 Å². The fourth-order valence-corrected chi connectivity index (χ4v) is 3.42. The van der Waals surface area contributed by atoms with Crippen molar-refractivity contribution < 1.29 is 4.79 Å². The molecular formula is C13H21ClN4O. The van der Waals surface area contributed by atoms with E-state index in [1.54, 1.807) is 6.20 Å². The molecule has 3 atom stereocenters. The number of carbonyl (C=O) groups excluding carboxylic acids is 1. The van der Waals surface area contributed by atoms with Crippen molar-refractivity contribution in [2.24, 2.45) is 17.6 Å². The summed E-state index contributed by atoms with van der Waals surface area (Å²) < 4.78 is 0. The van der Waals surface area contributed by atoms with E-state index in [0.29, 0.717) is 17.4 Å². The number of carbonyl (C=O) groups is 1. The highest BCUT2D eigenvalue weighted by atomic mass is 35.5. The number of fused-ring (bicyclic) bond motifs is 1. The number of H-pyrrole nitrogens is 1. The van der Waals surface area contributed by atoms with E-state index in [2.05, 4.69) is 10.2 Å². The summed E-state index contributed by atoms with van der Waals surface area (Å²) in [6, 6.07) is 0.270. The molecule has 2 fully saturated rings. The SMILES string of the molecule is Cc1[nH]ncc1C(=O)N1CC2CCCC(N)C2C1.Cl. The van der Waals surface area contributed by atoms with Crippen LogP contribution in [0, 0.1) is 18.8 Å². The summed E-state index contributed by atoms with van der Waals surface area (Å²) in [4.78, 5) is 14.4. The largest absolute Gasteiger partial charge is 0.338 e. The molecule has 1 aliphatic heterocycles. The molecule has 2 aliphatic rings. The van der Waals surface area contributed by atoms with Gasteiger partial charge in [0.2, 0.25) is 0 Å². The molecule has 1 amide bonds. The minimum atomic E-state index is 0. The van der Waals surface area contributed by atoms with Crippen molar-refractivity contribution in [3.05, 3.63) is 17.5 Å². The average molecular weight is 285 g/mol. The van der Waals surface area contributed by atoms with Crippen LogP contribution in [0.25, 0.3) is 0 Å². The molecule has 0 aromatic carbocycles. The van der Waals surface area contributed by atoms with Crippen molar-refractivity contribution in [3.63, 3.8) is 0 Å². The van der Waals surface area contributed by atoms with Gasteiger partial charge in [-0.15, -0.1) is 12.4 Å². The Balaban J connectivity index is 0.00000133. The van der Waals surface area contributed by atoms with Crippen molar-refractivity contribution in [2.45, 2.75) is 32.2 Å². The van der Waals surface area contributed by atoms with Gasteiger partial charge in [0.15, 0.2) is 0 Å². The molecule has 0 radical (unpaired) electrons. The average Bonchev–Trinajstić information content (AvgIpc) is 2.95. The lowest BCUT2D eigenvalue weighted by atomic mass is 9.78. The summed E-state index contributed by atoms with van der Waals surface area (Å²) in [5.41, 5.74) is 7.72. The number of aromatic nitrogens is 2. The van der Waals surface area contributed by atoms with Crippen LogP contribution < -0.4 is 5.73 Å². The summed E-state index contributed by atoms with van der Waals surface area (Å²) in [5.74, 6) is 1.20. The van der Waals surface area contributed by atoms with Crippen LogP contribution in [0.2, 0.25) is 0 Å². The Morgan fingerprint density at radius 2 is 2.26 bits per heavy atom. The van der Waals surface area contributed by atoms with E-state index in [0.717, 1.165) is 25.2 Å². The molecular weight excluding hydrogens is 264 g/mol. The van der Waals surface area contributed by atoms with Gasteiger partial charge >= 0.3 is 0 Å². The number of hydrogen-bond donors (Lipinski definition) is 2. The molecule has 2 heterocycles. The van der Waals surface area contributed by atoms with Crippen molar-refractivity contribution >= 4 is 18.3 Å². The maximum atomic E-state index is 12.4. The first-order valence-electron chi connectivity index (χ1n) is 6.71. The maximum absolute atomic E-state index is 12.4. The van der Waals surface area contributed by atoms with E-state index in [-0.39, 0.29) is 24.4 Å². The van der Waals surface area contributed by atoms with Gasteiger partial charge in [0.25, 0.3) is 5.91 Å². The minimum absolute atomic E-state index is 0. The predicted octanol–water partition coefficient (Wildman–Crippen LogP) is 1.34. The molecule has 106 valence electrons. The smallest absolute Gasteiger partial charge is 0.257 e. The van der Waals surface area contributed by atoms with Crippen LogP contribution in [0.5, 0.6) is 0 Å². The number of nitrogens with zero attached hydrogens (tertiary/aromatic N) is 2. The van der Waals surface area contributed by atoms with Crippen LogP contribution >= 0.6 is 12.4 Å². The minimum Gasteiger partial charge on any atom is -0.338 e.